The van der Waals surface area contributed by atoms with Crippen LogP contribution in [0.2, 0.25) is 0 Å². The first-order valence-corrected chi connectivity index (χ1v) is 3.65. The standard InChI is InChI=1S/C10H10O3/c1-4-7-8(11)5-6-9(12-2)10(7)13-3/h1,5-6,11H,2-3H3. The van der Waals surface area contributed by atoms with E-state index in [2.05, 4.69) is 5.92 Å². The van der Waals surface area contributed by atoms with Crippen LogP contribution in [0.3, 0.4) is 0 Å². The van der Waals surface area contributed by atoms with Crippen LogP contribution in [-0.2, 0) is 0 Å². The highest BCUT2D eigenvalue weighted by molar-refractivity contribution is 5.60. The molecule has 0 heterocycles. The van der Waals surface area contributed by atoms with Crippen molar-refractivity contribution in [1.82, 2.24) is 0 Å². The van der Waals surface area contributed by atoms with E-state index in [4.69, 9.17) is 15.9 Å². The molecule has 0 aliphatic heterocycles. The predicted octanol–water partition coefficient (Wildman–Crippen LogP) is 1.39. The van der Waals surface area contributed by atoms with Crippen molar-refractivity contribution in [1.29, 1.82) is 0 Å². The summed E-state index contributed by atoms with van der Waals surface area (Å²) in [5.74, 6) is 3.24. The fourth-order valence-electron chi connectivity index (χ4n) is 1.06. The molecular weight excluding hydrogens is 168 g/mol. The molecule has 0 unspecified atom stereocenters. The minimum Gasteiger partial charge on any atom is -0.506 e. The molecule has 0 bridgehead atoms. The molecule has 0 aromatic heterocycles. The summed E-state index contributed by atoms with van der Waals surface area (Å²) in [6.07, 6.45) is 5.21. The first kappa shape index (κ1) is 9.27. The fraction of sp³-hybridized carbons (Fsp3) is 0.200. The van der Waals surface area contributed by atoms with E-state index in [1.165, 1.54) is 20.3 Å². The van der Waals surface area contributed by atoms with Crippen LogP contribution in [0.5, 0.6) is 17.2 Å². The zero-order chi connectivity index (χ0) is 9.84. The van der Waals surface area contributed by atoms with Gasteiger partial charge >= 0.3 is 0 Å². The maximum absolute atomic E-state index is 9.36. The van der Waals surface area contributed by atoms with Gasteiger partial charge in [-0.2, -0.15) is 0 Å². The van der Waals surface area contributed by atoms with Gasteiger partial charge in [0.05, 0.1) is 14.2 Å². The van der Waals surface area contributed by atoms with Crippen molar-refractivity contribution in [3.63, 3.8) is 0 Å². The van der Waals surface area contributed by atoms with E-state index in [-0.39, 0.29) is 5.75 Å². The first-order valence-electron chi connectivity index (χ1n) is 3.65. The number of ether oxygens (including phenoxy) is 2. The second-order valence-electron chi connectivity index (χ2n) is 2.34. The molecule has 1 rings (SSSR count). The highest BCUT2D eigenvalue weighted by Crippen LogP contribution is 2.35. The summed E-state index contributed by atoms with van der Waals surface area (Å²) in [5.41, 5.74) is 0.307. The molecule has 1 N–H and O–H groups in total. The Hall–Kier alpha value is -1.82. The fourth-order valence-corrected chi connectivity index (χ4v) is 1.06. The number of aromatic hydroxyl groups is 1. The number of phenolic OH excluding ortho intramolecular Hbond substituents is 1. The number of hydrogen-bond acceptors (Lipinski definition) is 3. The number of phenols is 1. The van der Waals surface area contributed by atoms with Gasteiger partial charge in [-0.25, -0.2) is 0 Å². The molecule has 0 aliphatic rings. The minimum absolute atomic E-state index is 0.0140. The smallest absolute Gasteiger partial charge is 0.180 e. The third-order valence-corrected chi connectivity index (χ3v) is 1.67. The van der Waals surface area contributed by atoms with Crippen molar-refractivity contribution in [2.45, 2.75) is 0 Å². The summed E-state index contributed by atoms with van der Waals surface area (Å²) in [6.45, 7) is 0. The Labute approximate surface area is 76.9 Å². The molecule has 0 fully saturated rings. The van der Waals surface area contributed by atoms with Gasteiger partial charge in [0.25, 0.3) is 0 Å². The van der Waals surface area contributed by atoms with Crippen LogP contribution in [0.4, 0.5) is 0 Å². The van der Waals surface area contributed by atoms with Crippen molar-refractivity contribution >= 4 is 0 Å². The minimum atomic E-state index is 0.0140. The van der Waals surface area contributed by atoms with Crippen LogP contribution in [0.25, 0.3) is 0 Å². The van der Waals surface area contributed by atoms with Gasteiger partial charge < -0.3 is 14.6 Å². The Morgan fingerprint density at radius 2 is 2.00 bits per heavy atom. The summed E-state index contributed by atoms with van der Waals surface area (Å²) in [6, 6.07) is 3.06. The van der Waals surface area contributed by atoms with Crippen molar-refractivity contribution < 1.29 is 14.6 Å². The van der Waals surface area contributed by atoms with Crippen molar-refractivity contribution in [2.75, 3.05) is 14.2 Å². The second-order valence-corrected chi connectivity index (χ2v) is 2.34. The highest BCUT2D eigenvalue weighted by Gasteiger charge is 2.11. The Balaban J connectivity index is 3.38. The average Bonchev–Trinajstić information content (AvgIpc) is 2.17. The molecule has 0 aliphatic carbocycles. The molecule has 1 aromatic carbocycles. The van der Waals surface area contributed by atoms with Crippen LogP contribution in [0, 0.1) is 12.3 Å². The largest absolute Gasteiger partial charge is 0.506 e. The maximum Gasteiger partial charge on any atom is 0.180 e. The lowest BCUT2D eigenvalue weighted by Gasteiger charge is -2.09. The first-order chi connectivity index (χ1) is 6.24. The summed E-state index contributed by atoms with van der Waals surface area (Å²) in [5, 5.41) is 9.36. The van der Waals surface area contributed by atoms with Crippen LogP contribution >= 0.6 is 0 Å². The van der Waals surface area contributed by atoms with Crippen molar-refractivity contribution in [2.24, 2.45) is 0 Å². The van der Waals surface area contributed by atoms with E-state index in [0.717, 1.165) is 0 Å². The lowest BCUT2D eigenvalue weighted by Crippen LogP contribution is -1.93. The molecular formula is C10H10O3. The Bertz CT molecular complexity index is 350. The van der Waals surface area contributed by atoms with Gasteiger partial charge in [-0.3, -0.25) is 0 Å². The topological polar surface area (TPSA) is 38.7 Å². The normalized spacial score (nSPS) is 9.00. The lowest BCUT2D eigenvalue weighted by molar-refractivity contribution is 0.350. The van der Waals surface area contributed by atoms with Gasteiger partial charge in [0.2, 0.25) is 0 Å². The van der Waals surface area contributed by atoms with Crippen molar-refractivity contribution in [3.05, 3.63) is 17.7 Å². The van der Waals surface area contributed by atoms with E-state index in [0.29, 0.717) is 17.1 Å². The Kier molecular flexibility index (Phi) is 2.65. The predicted molar refractivity (Wildman–Crippen MR) is 49.1 cm³/mol. The molecule has 0 saturated heterocycles. The number of terminal acetylenes is 1. The molecule has 3 heteroatoms. The van der Waals surface area contributed by atoms with Crippen LogP contribution < -0.4 is 9.47 Å². The lowest BCUT2D eigenvalue weighted by atomic mass is 10.1. The third kappa shape index (κ3) is 1.52. The summed E-state index contributed by atoms with van der Waals surface area (Å²) in [4.78, 5) is 0. The zero-order valence-electron chi connectivity index (χ0n) is 7.50. The second kappa shape index (κ2) is 3.72. The number of benzene rings is 1. The van der Waals surface area contributed by atoms with Crippen LogP contribution in [-0.4, -0.2) is 19.3 Å². The molecule has 13 heavy (non-hydrogen) atoms. The molecule has 0 radical (unpaired) electrons. The van der Waals surface area contributed by atoms with E-state index in [1.54, 1.807) is 6.07 Å². The molecule has 3 nitrogen and oxygen atoms in total. The summed E-state index contributed by atoms with van der Waals surface area (Å²) in [7, 11) is 2.98. The molecule has 0 atom stereocenters. The van der Waals surface area contributed by atoms with Gasteiger partial charge in [0, 0.05) is 0 Å². The van der Waals surface area contributed by atoms with Crippen LogP contribution in [0.1, 0.15) is 5.56 Å². The van der Waals surface area contributed by atoms with Crippen molar-refractivity contribution in [3.8, 4) is 29.6 Å². The van der Waals surface area contributed by atoms with E-state index in [1.807, 2.05) is 0 Å². The molecule has 0 spiro atoms. The summed E-state index contributed by atoms with van der Waals surface area (Å²) < 4.78 is 10.0. The van der Waals surface area contributed by atoms with Gasteiger partial charge in [0.15, 0.2) is 11.5 Å². The molecule has 0 amide bonds. The monoisotopic (exact) mass is 178 g/mol. The average molecular weight is 178 g/mol. The van der Waals surface area contributed by atoms with Crippen LogP contribution in [0.15, 0.2) is 12.1 Å². The Morgan fingerprint density at radius 3 is 2.46 bits per heavy atom. The molecule has 1 aromatic rings. The highest BCUT2D eigenvalue weighted by atomic mass is 16.5. The third-order valence-electron chi connectivity index (χ3n) is 1.67. The number of rotatable bonds is 2. The van der Waals surface area contributed by atoms with E-state index < -0.39 is 0 Å². The zero-order valence-corrected chi connectivity index (χ0v) is 7.50. The Morgan fingerprint density at radius 1 is 1.31 bits per heavy atom. The SMILES string of the molecule is C#Cc1c(O)ccc(OC)c1OC. The number of hydrogen-bond donors (Lipinski definition) is 1. The maximum atomic E-state index is 9.36. The quantitative estimate of drug-likeness (QED) is 0.695. The van der Waals surface area contributed by atoms with E-state index >= 15 is 0 Å². The van der Waals surface area contributed by atoms with Gasteiger partial charge in [0.1, 0.15) is 11.3 Å². The number of methoxy groups -OCH3 is 2. The van der Waals surface area contributed by atoms with Gasteiger partial charge in [-0.1, -0.05) is 5.92 Å². The molecule has 68 valence electrons. The summed E-state index contributed by atoms with van der Waals surface area (Å²) >= 11 is 0. The van der Waals surface area contributed by atoms with Gasteiger partial charge in [-0.15, -0.1) is 6.42 Å². The molecule has 0 saturated carbocycles. The van der Waals surface area contributed by atoms with E-state index in [9.17, 15) is 5.11 Å². The van der Waals surface area contributed by atoms with Gasteiger partial charge in [-0.05, 0) is 12.1 Å².